The standard InChI is InChI=1S/C13H19N/c1-10(2)9-12-5-7-13(8-6-12)14-11(3)4/h5-8,11,14H,1,9H2,2-4H3. The summed E-state index contributed by atoms with van der Waals surface area (Å²) in [5.74, 6) is 0. The van der Waals surface area contributed by atoms with E-state index < -0.39 is 0 Å². The first-order valence-electron chi connectivity index (χ1n) is 5.08. The molecule has 0 atom stereocenters. The molecule has 1 nitrogen and oxygen atoms in total. The molecule has 0 heterocycles. The van der Waals surface area contributed by atoms with Crippen LogP contribution >= 0.6 is 0 Å². The molecule has 0 spiro atoms. The molecule has 1 heteroatoms. The van der Waals surface area contributed by atoms with E-state index in [-0.39, 0.29) is 0 Å². The average molecular weight is 189 g/mol. The zero-order valence-corrected chi connectivity index (χ0v) is 9.30. The molecule has 0 aliphatic rings. The number of nitrogens with one attached hydrogen (secondary N) is 1. The molecule has 0 amide bonds. The molecule has 0 unspecified atom stereocenters. The van der Waals surface area contributed by atoms with Crippen LogP contribution in [0, 0.1) is 0 Å². The summed E-state index contributed by atoms with van der Waals surface area (Å²) in [5, 5.41) is 3.36. The smallest absolute Gasteiger partial charge is 0.0342 e. The predicted molar refractivity (Wildman–Crippen MR) is 63.7 cm³/mol. The Morgan fingerprint density at radius 1 is 1.29 bits per heavy atom. The number of hydrogen-bond donors (Lipinski definition) is 1. The third-order valence-electron chi connectivity index (χ3n) is 1.92. The van der Waals surface area contributed by atoms with Gasteiger partial charge in [0.15, 0.2) is 0 Å². The minimum Gasteiger partial charge on any atom is -0.383 e. The lowest BCUT2D eigenvalue weighted by Gasteiger charge is -2.10. The molecular formula is C13H19N. The van der Waals surface area contributed by atoms with Crippen LogP contribution in [-0.2, 0) is 6.42 Å². The molecule has 1 aromatic rings. The molecule has 0 bridgehead atoms. The molecule has 0 radical (unpaired) electrons. The summed E-state index contributed by atoms with van der Waals surface area (Å²) in [4.78, 5) is 0. The van der Waals surface area contributed by atoms with Crippen LogP contribution in [0.2, 0.25) is 0 Å². The molecule has 0 saturated carbocycles. The highest BCUT2D eigenvalue weighted by atomic mass is 14.9. The number of benzene rings is 1. The van der Waals surface area contributed by atoms with E-state index in [1.165, 1.54) is 16.8 Å². The van der Waals surface area contributed by atoms with Crippen molar-refractivity contribution in [3.8, 4) is 0 Å². The van der Waals surface area contributed by atoms with Crippen LogP contribution in [0.5, 0.6) is 0 Å². The summed E-state index contributed by atoms with van der Waals surface area (Å²) in [5.41, 5.74) is 3.71. The second-order valence-corrected chi connectivity index (χ2v) is 4.13. The van der Waals surface area contributed by atoms with Crippen LogP contribution in [0.25, 0.3) is 0 Å². The molecule has 1 aromatic carbocycles. The first-order valence-corrected chi connectivity index (χ1v) is 5.08. The number of hydrogen-bond acceptors (Lipinski definition) is 1. The van der Waals surface area contributed by atoms with E-state index in [1.807, 2.05) is 0 Å². The zero-order valence-electron chi connectivity index (χ0n) is 9.30. The average Bonchev–Trinajstić information content (AvgIpc) is 2.06. The SMILES string of the molecule is C=C(C)Cc1ccc(NC(C)C)cc1. The lowest BCUT2D eigenvalue weighted by molar-refractivity contribution is 0.899. The van der Waals surface area contributed by atoms with Gasteiger partial charge in [-0.1, -0.05) is 24.3 Å². The molecule has 14 heavy (non-hydrogen) atoms. The summed E-state index contributed by atoms with van der Waals surface area (Å²) in [6, 6.07) is 9.04. The lowest BCUT2D eigenvalue weighted by atomic mass is 10.1. The van der Waals surface area contributed by atoms with Crippen molar-refractivity contribution in [3.05, 3.63) is 42.0 Å². The van der Waals surface area contributed by atoms with E-state index in [4.69, 9.17) is 0 Å². The molecule has 1 N–H and O–H groups in total. The molecule has 0 fully saturated rings. The van der Waals surface area contributed by atoms with Crippen molar-refractivity contribution in [3.63, 3.8) is 0 Å². The maximum atomic E-state index is 3.91. The van der Waals surface area contributed by atoms with Gasteiger partial charge in [0.1, 0.15) is 0 Å². The van der Waals surface area contributed by atoms with Gasteiger partial charge in [-0.25, -0.2) is 0 Å². The second-order valence-electron chi connectivity index (χ2n) is 4.13. The summed E-state index contributed by atoms with van der Waals surface area (Å²) < 4.78 is 0. The van der Waals surface area contributed by atoms with Crippen molar-refractivity contribution >= 4 is 5.69 Å². The molecule has 76 valence electrons. The summed E-state index contributed by atoms with van der Waals surface area (Å²) in [7, 11) is 0. The minimum absolute atomic E-state index is 0.488. The van der Waals surface area contributed by atoms with Gasteiger partial charge in [-0.2, -0.15) is 0 Å². The normalized spacial score (nSPS) is 10.3. The quantitative estimate of drug-likeness (QED) is 0.713. The Balaban J connectivity index is 2.63. The lowest BCUT2D eigenvalue weighted by Crippen LogP contribution is -2.09. The molecular weight excluding hydrogens is 170 g/mol. The van der Waals surface area contributed by atoms with Crippen LogP contribution in [-0.4, -0.2) is 6.04 Å². The van der Waals surface area contributed by atoms with Crippen LogP contribution in [0.4, 0.5) is 5.69 Å². The van der Waals surface area contributed by atoms with Crippen molar-refractivity contribution in [2.24, 2.45) is 0 Å². The van der Waals surface area contributed by atoms with Gasteiger partial charge in [0.25, 0.3) is 0 Å². The van der Waals surface area contributed by atoms with E-state index in [1.54, 1.807) is 0 Å². The van der Waals surface area contributed by atoms with Gasteiger partial charge < -0.3 is 5.32 Å². The fourth-order valence-electron chi connectivity index (χ4n) is 1.40. The molecule has 0 aliphatic heterocycles. The first-order chi connectivity index (χ1) is 6.58. The van der Waals surface area contributed by atoms with Gasteiger partial charge in [0, 0.05) is 11.7 Å². The van der Waals surface area contributed by atoms with Gasteiger partial charge >= 0.3 is 0 Å². The molecule has 0 aliphatic carbocycles. The Hall–Kier alpha value is -1.24. The van der Waals surface area contributed by atoms with Crippen LogP contribution in [0.15, 0.2) is 36.4 Å². The third-order valence-corrected chi connectivity index (χ3v) is 1.92. The fraction of sp³-hybridized carbons (Fsp3) is 0.385. The van der Waals surface area contributed by atoms with Crippen molar-refractivity contribution in [2.45, 2.75) is 33.2 Å². The van der Waals surface area contributed by atoms with Crippen LogP contribution < -0.4 is 5.32 Å². The third kappa shape index (κ3) is 3.65. The largest absolute Gasteiger partial charge is 0.383 e. The monoisotopic (exact) mass is 189 g/mol. The fourth-order valence-corrected chi connectivity index (χ4v) is 1.40. The maximum Gasteiger partial charge on any atom is 0.0342 e. The van der Waals surface area contributed by atoms with Gasteiger partial charge in [0.2, 0.25) is 0 Å². The molecule has 1 rings (SSSR count). The van der Waals surface area contributed by atoms with Gasteiger partial charge in [0.05, 0.1) is 0 Å². The van der Waals surface area contributed by atoms with Crippen molar-refractivity contribution in [1.82, 2.24) is 0 Å². The minimum atomic E-state index is 0.488. The Bertz CT molecular complexity index is 296. The number of anilines is 1. The topological polar surface area (TPSA) is 12.0 Å². The van der Waals surface area contributed by atoms with Crippen molar-refractivity contribution < 1.29 is 0 Å². The summed E-state index contributed by atoms with van der Waals surface area (Å²) in [6.07, 6.45) is 0.974. The number of rotatable bonds is 4. The van der Waals surface area contributed by atoms with Gasteiger partial charge in [-0.05, 0) is 44.9 Å². The molecule has 0 aromatic heterocycles. The number of allylic oxidation sites excluding steroid dienone is 1. The highest BCUT2D eigenvalue weighted by Gasteiger charge is 1.96. The van der Waals surface area contributed by atoms with Crippen molar-refractivity contribution in [2.75, 3.05) is 5.32 Å². The Morgan fingerprint density at radius 3 is 2.29 bits per heavy atom. The van der Waals surface area contributed by atoms with Gasteiger partial charge in [-0.3, -0.25) is 0 Å². The summed E-state index contributed by atoms with van der Waals surface area (Å²) >= 11 is 0. The first kappa shape index (κ1) is 10.8. The van der Waals surface area contributed by atoms with E-state index >= 15 is 0 Å². The van der Waals surface area contributed by atoms with E-state index in [0.717, 1.165) is 6.42 Å². The Labute approximate surface area is 86.8 Å². The van der Waals surface area contributed by atoms with E-state index in [9.17, 15) is 0 Å². The Morgan fingerprint density at radius 2 is 1.86 bits per heavy atom. The Kier molecular flexibility index (Phi) is 3.75. The van der Waals surface area contributed by atoms with Crippen molar-refractivity contribution in [1.29, 1.82) is 0 Å². The van der Waals surface area contributed by atoms with Gasteiger partial charge in [-0.15, -0.1) is 0 Å². The van der Waals surface area contributed by atoms with Crippen LogP contribution in [0.1, 0.15) is 26.3 Å². The zero-order chi connectivity index (χ0) is 10.6. The van der Waals surface area contributed by atoms with E-state index in [2.05, 4.69) is 56.9 Å². The second kappa shape index (κ2) is 4.85. The molecule has 0 saturated heterocycles. The van der Waals surface area contributed by atoms with Crippen LogP contribution in [0.3, 0.4) is 0 Å². The predicted octanol–water partition coefficient (Wildman–Crippen LogP) is 3.63. The highest BCUT2D eigenvalue weighted by Crippen LogP contribution is 2.12. The summed E-state index contributed by atoms with van der Waals surface area (Å²) in [6.45, 7) is 10.2. The maximum absolute atomic E-state index is 3.91. The highest BCUT2D eigenvalue weighted by molar-refractivity contribution is 5.45. The van der Waals surface area contributed by atoms with E-state index in [0.29, 0.717) is 6.04 Å².